The summed E-state index contributed by atoms with van der Waals surface area (Å²) in [4.78, 5) is 4.39. The molecule has 0 aliphatic heterocycles. The number of ether oxygens (including phenoxy) is 1. The van der Waals surface area contributed by atoms with E-state index in [4.69, 9.17) is 9.26 Å². The van der Waals surface area contributed by atoms with Gasteiger partial charge in [0, 0.05) is 21.2 Å². The van der Waals surface area contributed by atoms with E-state index in [1.54, 1.807) is 12.1 Å². The zero-order valence-corrected chi connectivity index (χ0v) is 14.4. The van der Waals surface area contributed by atoms with Gasteiger partial charge in [-0.2, -0.15) is 4.98 Å². The SMILES string of the molecule is COc1cc(-c2nc(-c3ccc(Br)cc3)no2)cc(CO)c1CO. The van der Waals surface area contributed by atoms with Crippen LogP contribution < -0.4 is 4.74 Å². The summed E-state index contributed by atoms with van der Waals surface area (Å²) in [7, 11) is 1.50. The van der Waals surface area contributed by atoms with Gasteiger partial charge in [-0.05, 0) is 42.0 Å². The highest BCUT2D eigenvalue weighted by molar-refractivity contribution is 9.10. The van der Waals surface area contributed by atoms with Gasteiger partial charge in [-0.15, -0.1) is 0 Å². The molecule has 3 aromatic rings. The molecule has 0 radical (unpaired) electrons. The van der Waals surface area contributed by atoms with E-state index in [1.807, 2.05) is 24.3 Å². The first kappa shape index (κ1) is 16.6. The van der Waals surface area contributed by atoms with E-state index in [2.05, 4.69) is 26.1 Å². The normalized spacial score (nSPS) is 10.8. The Labute approximate surface area is 146 Å². The Kier molecular flexibility index (Phi) is 4.94. The smallest absolute Gasteiger partial charge is 0.258 e. The number of aliphatic hydroxyl groups excluding tert-OH is 2. The van der Waals surface area contributed by atoms with Crippen LogP contribution in [-0.4, -0.2) is 27.5 Å². The van der Waals surface area contributed by atoms with Crippen molar-refractivity contribution in [2.45, 2.75) is 13.2 Å². The van der Waals surface area contributed by atoms with Crippen LogP contribution in [0, 0.1) is 0 Å². The Morgan fingerprint density at radius 2 is 1.83 bits per heavy atom. The van der Waals surface area contributed by atoms with Gasteiger partial charge in [0.1, 0.15) is 5.75 Å². The fraction of sp³-hybridized carbons (Fsp3) is 0.176. The Morgan fingerprint density at radius 1 is 1.08 bits per heavy atom. The summed E-state index contributed by atoms with van der Waals surface area (Å²) >= 11 is 3.38. The minimum absolute atomic E-state index is 0.228. The number of hydrogen-bond acceptors (Lipinski definition) is 6. The van der Waals surface area contributed by atoms with Crippen LogP contribution in [0.1, 0.15) is 11.1 Å². The maximum Gasteiger partial charge on any atom is 0.258 e. The molecule has 1 aromatic heterocycles. The highest BCUT2D eigenvalue weighted by atomic mass is 79.9. The van der Waals surface area contributed by atoms with Gasteiger partial charge in [-0.1, -0.05) is 21.1 Å². The fourth-order valence-electron chi connectivity index (χ4n) is 2.39. The Bertz CT molecular complexity index is 821. The van der Waals surface area contributed by atoms with Crippen molar-refractivity contribution in [1.82, 2.24) is 10.1 Å². The molecule has 0 amide bonds. The van der Waals surface area contributed by atoms with Gasteiger partial charge < -0.3 is 19.5 Å². The first-order valence-electron chi connectivity index (χ1n) is 7.17. The van der Waals surface area contributed by atoms with Crippen LogP contribution in [0.15, 0.2) is 45.4 Å². The summed E-state index contributed by atoms with van der Waals surface area (Å²) in [6.07, 6.45) is 0. The molecule has 2 aromatic carbocycles. The van der Waals surface area contributed by atoms with E-state index in [9.17, 15) is 10.2 Å². The number of aromatic nitrogens is 2. The lowest BCUT2D eigenvalue weighted by molar-refractivity contribution is 0.254. The molecular formula is C17H15BrN2O4. The topological polar surface area (TPSA) is 88.6 Å². The first-order valence-corrected chi connectivity index (χ1v) is 7.97. The number of aliphatic hydroxyl groups is 2. The van der Waals surface area contributed by atoms with Gasteiger partial charge in [-0.3, -0.25) is 0 Å². The monoisotopic (exact) mass is 390 g/mol. The molecule has 0 unspecified atom stereocenters. The Hall–Kier alpha value is -2.22. The molecule has 0 fully saturated rings. The molecule has 3 rings (SSSR count). The first-order chi connectivity index (χ1) is 11.7. The van der Waals surface area contributed by atoms with Crippen LogP contribution in [0.25, 0.3) is 22.8 Å². The zero-order chi connectivity index (χ0) is 17.1. The predicted molar refractivity (Wildman–Crippen MR) is 91.3 cm³/mol. The van der Waals surface area contributed by atoms with Gasteiger partial charge in [0.2, 0.25) is 5.82 Å². The van der Waals surface area contributed by atoms with Crippen LogP contribution in [0.3, 0.4) is 0 Å². The number of hydrogen-bond donors (Lipinski definition) is 2. The number of rotatable bonds is 5. The second kappa shape index (κ2) is 7.12. The third-order valence-corrected chi connectivity index (χ3v) is 4.15. The van der Waals surface area contributed by atoms with Crippen molar-refractivity contribution in [3.63, 3.8) is 0 Å². The standard InChI is InChI=1S/C17H15BrN2O4/c1-23-15-7-11(6-12(8-21)14(15)9-22)17-19-16(20-24-17)10-2-4-13(18)5-3-10/h2-7,21-22H,8-9H2,1H3. The van der Waals surface area contributed by atoms with Crippen LogP contribution in [0.4, 0.5) is 0 Å². The molecule has 7 heteroatoms. The second-order valence-electron chi connectivity index (χ2n) is 5.06. The summed E-state index contributed by atoms with van der Waals surface area (Å²) in [6.45, 7) is -0.457. The Balaban J connectivity index is 2.02. The minimum Gasteiger partial charge on any atom is -0.496 e. The third kappa shape index (κ3) is 3.19. The van der Waals surface area contributed by atoms with Crippen LogP contribution in [-0.2, 0) is 13.2 Å². The second-order valence-corrected chi connectivity index (χ2v) is 5.98. The van der Waals surface area contributed by atoms with E-state index in [-0.39, 0.29) is 13.2 Å². The molecule has 0 aliphatic carbocycles. The summed E-state index contributed by atoms with van der Waals surface area (Å²) < 4.78 is 11.6. The molecule has 6 nitrogen and oxygen atoms in total. The van der Waals surface area contributed by atoms with E-state index >= 15 is 0 Å². The number of benzene rings is 2. The molecule has 0 atom stereocenters. The maximum absolute atomic E-state index is 9.51. The van der Waals surface area contributed by atoms with Crippen molar-refractivity contribution in [3.05, 3.63) is 52.0 Å². The summed E-state index contributed by atoms with van der Waals surface area (Å²) in [5, 5.41) is 23.0. The summed E-state index contributed by atoms with van der Waals surface area (Å²) in [5.74, 6) is 1.24. The van der Waals surface area contributed by atoms with E-state index in [0.717, 1.165) is 10.0 Å². The molecule has 1 heterocycles. The number of halogens is 1. The molecule has 124 valence electrons. The van der Waals surface area contributed by atoms with E-state index in [1.165, 1.54) is 7.11 Å². The molecule has 2 N–H and O–H groups in total. The van der Waals surface area contributed by atoms with Crippen LogP contribution >= 0.6 is 15.9 Å². The summed E-state index contributed by atoms with van der Waals surface area (Å²) in [6, 6.07) is 11.0. The van der Waals surface area contributed by atoms with Gasteiger partial charge >= 0.3 is 0 Å². The van der Waals surface area contributed by atoms with Gasteiger partial charge in [0.05, 0.1) is 20.3 Å². The van der Waals surface area contributed by atoms with Crippen molar-refractivity contribution >= 4 is 15.9 Å². The average molecular weight is 391 g/mol. The predicted octanol–water partition coefficient (Wildman–Crippen LogP) is 3.16. The molecule has 0 saturated heterocycles. The van der Waals surface area contributed by atoms with Gasteiger partial charge in [0.15, 0.2) is 0 Å². The third-order valence-electron chi connectivity index (χ3n) is 3.63. The lowest BCUT2D eigenvalue weighted by Crippen LogP contribution is -1.99. The molecule has 0 bridgehead atoms. The molecule has 0 spiro atoms. The molecular weight excluding hydrogens is 376 g/mol. The van der Waals surface area contributed by atoms with Crippen molar-refractivity contribution < 1.29 is 19.5 Å². The minimum atomic E-state index is -0.229. The fourth-order valence-corrected chi connectivity index (χ4v) is 2.65. The van der Waals surface area contributed by atoms with Crippen molar-refractivity contribution in [2.24, 2.45) is 0 Å². The van der Waals surface area contributed by atoms with E-state index < -0.39 is 0 Å². The lowest BCUT2D eigenvalue weighted by atomic mass is 10.0. The zero-order valence-electron chi connectivity index (χ0n) is 12.9. The molecule has 0 aliphatic rings. The van der Waals surface area contributed by atoms with Crippen LogP contribution in [0.2, 0.25) is 0 Å². The highest BCUT2D eigenvalue weighted by Crippen LogP contribution is 2.31. The average Bonchev–Trinajstić information content (AvgIpc) is 3.11. The molecule has 0 saturated carbocycles. The quantitative estimate of drug-likeness (QED) is 0.695. The maximum atomic E-state index is 9.51. The van der Waals surface area contributed by atoms with Gasteiger partial charge in [0.25, 0.3) is 5.89 Å². The van der Waals surface area contributed by atoms with Crippen LogP contribution in [0.5, 0.6) is 5.75 Å². The highest BCUT2D eigenvalue weighted by Gasteiger charge is 2.16. The number of methoxy groups -OCH3 is 1. The van der Waals surface area contributed by atoms with Crippen molar-refractivity contribution in [1.29, 1.82) is 0 Å². The summed E-state index contributed by atoms with van der Waals surface area (Å²) in [5.41, 5.74) is 2.53. The van der Waals surface area contributed by atoms with Crippen molar-refractivity contribution in [2.75, 3.05) is 7.11 Å². The van der Waals surface area contributed by atoms with Gasteiger partial charge in [-0.25, -0.2) is 0 Å². The largest absolute Gasteiger partial charge is 0.496 e. The Morgan fingerprint density at radius 3 is 2.46 bits per heavy atom. The lowest BCUT2D eigenvalue weighted by Gasteiger charge is -2.11. The van der Waals surface area contributed by atoms with E-state index in [0.29, 0.717) is 34.2 Å². The van der Waals surface area contributed by atoms with Crippen molar-refractivity contribution in [3.8, 4) is 28.6 Å². The number of nitrogens with zero attached hydrogens (tertiary/aromatic N) is 2. The molecule has 24 heavy (non-hydrogen) atoms.